The third kappa shape index (κ3) is 10.7. The third-order valence-electron chi connectivity index (χ3n) is 20.6. The van der Waals surface area contributed by atoms with Gasteiger partial charge in [-0.15, -0.1) is 0 Å². The molecule has 0 spiro atoms. The molecular formula is C96H78B2N2OSe. The summed E-state index contributed by atoms with van der Waals surface area (Å²) in [4.78, 5) is 4.51. The van der Waals surface area contributed by atoms with Crippen molar-refractivity contribution in [1.29, 1.82) is 0 Å². The van der Waals surface area contributed by atoms with Gasteiger partial charge in [-0.05, 0) is 5.41 Å². The number of hydrogen-bond acceptors (Lipinski definition) is 3. The molecular weight excluding hydrogens is 1300 g/mol. The van der Waals surface area contributed by atoms with E-state index in [1.807, 2.05) is 140 Å². The fraction of sp³-hybridized carbons (Fsp3) is 0.125. The molecule has 4 aliphatic heterocycles. The molecule has 0 amide bonds. The summed E-state index contributed by atoms with van der Waals surface area (Å²) in [7, 11) is 0. The van der Waals surface area contributed by atoms with Crippen LogP contribution in [0.15, 0.2) is 309 Å². The summed E-state index contributed by atoms with van der Waals surface area (Å²) in [6.45, 7) is 17.6. The Balaban J connectivity index is 1.10. The summed E-state index contributed by atoms with van der Waals surface area (Å²) < 4.78 is 117. The number of rotatable bonds is 9. The summed E-state index contributed by atoms with van der Waals surface area (Å²) in [5.74, 6) is 0.0944. The van der Waals surface area contributed by atoms with Crippen molar-refractivity contribution >= 4 is 104 Å². The number of benzene rings is 14. The number of hydrogen-bond donors (Lipinski definition) is 0. The molecule has 0 saturated carbocycles. The molecule has 0 radical (unpaired) electrons. The molecule has 14 aromatic carbocycles. The van der Waals surface area contributed by atoms with Crippen LogP contribution in [0.4, 0.5) is 34.1 Å². The van der Waals surface area contributed by atoms with E-state index in [2.05, 4.69) is 181 Å². The van der Waals surface area contributed by atoms with Crippen LogP contribution in [0.3, 0.4) is 0 Å². The van der Waals surface area contributed by atoms with Crippen LogP contribution in [0.5, 0.6) is 11.5 Å². The maximum atomic E-state index is 12.0. The number of anilines is 6. The molecule has 0 bridgehead atoms. The second kappa shape index (κ2) is 24.4. The molecule has 0 saturated heterocycles. The zero-order valence-corrected chi connectivity index (χ0v) is 60.3. The Morgan fingerprint density at radius 2 is 0.667 bits per heavy atom. The van der Waals surface area contributed by atoms with Crippen molar-refractivity contribution in [1.82, 2.24) is 0 Å². The topological polar surface area (TPSA) is 15.7 Å². The van der Waals surface area contributed by atoms with Gasteiger partial charge in [0.05, 0.1) is 0 Å². The first-order chi connectivity index (χ1) is 53.7. The van der Waals surface area contributed by atoms with Crippen molar-refractivity contribution in [3.05, 3.63) is 326 Å². The van der Waals surface area contributed by atoms with E-state index in [-0.39, 0.29) is 99.5 Å². The van der Waals surface area contributed by atoms with E-state index < -0.39 is 39.2 Å². The Bertz CT molecular complexity index is 6080. The van der Waals surface area contributed by atoms with Gasteiger partial charge in [-0.25, -0.2) is 0 Å². The predicted octanol–water partition coefficient (Wildman–Crippen LogP) is 19.9. The van der Waals surface area contributed by atoms with Gasteiger partial charge in [0.1, 0.15) is 0 Å². The minimum absolute atomic E-state index is 0.00638. The SMILES string of the molecule is [2H]c1c([2H])c(-c2ccccc2)c([2H])c2c1Oc1c3c(c([2H])c4c1B1c5c(cc(C(C)(C)C)cc5N4c4c(-c5ccccc5)cc(C(C)(C)C)cc4-c4ccccc4)N(c4c(-c5ccccc5)cc(C(C)(C)C)cc4-c4ccccc4)c4c([2H])c(-c5ccccc5)c([2H])c([2H])c41)[Se]c1c([2H])c([2H])c(-c4ccccc4)c([2H])c1B23. The molecule has 4 heterocycles. The maximum absolute atomic E-state index is 12.0. The molecule has 18 rings (SSSR count). The molecule has 4 aliphatic rings. The Morgan fingerprint density at radius 3 is 1.09 bits per heavy atom. The molecule has 102 heavy (non-hydrogen) atoms. The summed E-state index contributed by atoms with van der Waals surface area (Å²) >= 11 is -1.06. The molecule has 0 unspecified atom stereocenters. The number of ether oxygens (including phenoxy) is 1. The fourth-order valence-corrected chi connectivity index (χ4v) is 17.6. The average Bonchev–Trinajstić information content (AvgIpc) is 0.662. The van der Waals surface area contributed by atoms with Crippen molar-refractivity contribution < 1.29 is 18.4 Å². The van der Waals surface area contributed by atoms with Crippen molar-refractivity contribution in [3.8, 4) is 89.4 Å². The summed E-state index contributed by atoms with van der Waals surface area (Å²) in [5.41, 5.74) is 16.8. The fourth-order valence-electron chi connectivity index (χ4n) is 15.4. The molecule has 0 aromatic heterocycles. The molecule has 0 N–H and O–H groups in total. The van der Waals surface area contributed by atoms with Crippen LogP contribution in [0, 0.1) is 0 Å². The second-order valence-corrected chi connectivity index (χ2v) is 32.4. The van der Waals surface area contributed by atoms with Crippen molar-refractivity contribution in [2.45, 2.75) is 78.6 Å². The average molecular weight is 1390 g/mol. The molecule has 0 fully saturated rings. The van der Waals surface area contributed by atoms with Crippen molar-refractivity contribution in [3.63, 3.8) is 0 Å². The van der Waals surface area contributed by atoms with Crippen LogP contribution in [-0.4, -0.2) is 28.4 Å². The first-order valence-corrected chi connectivity index (χ1v) is 36.9. The van der Waals surface area contributed by atoms with E-state index in [0.717, 1.165) is 72.6 Å². The standard InChI is InChI=1S/C96H78B2N2OSe/c1-94(2,3)71-54-74(64-37-23-13-24-38-64)91(75(55-71)65-39-25-14-26-40-65)99-81-53-70(63-35-21-12-22-36-63)45-48-78(81)98-88-82(99)58-73(96(7,8)9)59-83(88)100(92-76(66-41-27-15-28-42-66)56-72(95(4,5)6)57-77(92)67-43-29-16-30-44-67)84-60-87-90-93(89(84)98)101-85-49-46-68(61-31-17-10-18-32-61)51-79(85)97(90)80-52-69(47-50-86(80)102-87)62-33-19-11-20-34-62/h10-60H,1-9H3/i45D,46D,47D,48D,49D,50D,51D,52D,53D,60D. The van der Waals surface area contributed by atoms with Crippen LogP contribution in [-0.2, 0) is 16.2 Å². The summed E-state index contributed by atoms with van der Waals surface area (Å²) in [6.07, 6.45) is 0. The van der Waals surface area contributed by atoms with Gasteiger partial charge in [0.25, 0.3) is 0 Å². The van der Waals surface area contributed by atoms with Gasteiger partial charge in [0, 0.05) is 0 Å². The van der Waals surface area contributed by atoms with Gasteiger partial charge in [-0.1, -0.05) is 63.2 Å². The van der Waals surface area contributed by atoms with Crippen LogP contribution in [0.2, 0.25) is 0 Å². The van der Waals surface area contributed by atoms with E-state index in [9.17, 15) is 13.7 Å². The first-order valence-electron chi connectivity index (χ1n) is 40.2. The number of nitrogens with zero attached hydrogens (tertiary/aromatic N) is 2. The predicted molar refractivity (Wildman–Crippen MR) is 437 cm³/mol. The second-order valence-electron chi connectivity index (χ2n) is 30.3. The quantitative estimate of drug-likeness (QED) is 0.134. The van der Waals surface area contributed by atoms with Gasteiger partial charge in [-0.2, -0.15) is 0 Å². The Labute approximate surface area is 622 Å². The molecule has 6 heteroatoms. The van der Waals surface area contributed by atoms with E-state index in [0.29, 0.717) is 75.7 Å². The zero-order chi connectivity index (χ0) is 78.0. The van der Waals surface area contributed by atoms with Crippen LogP contribution >= 0.6 is 0 Å². The van der Waals surface area contributed by atoms with Crippen LogP contribution in [0.25, 0.3) is 77.9 Å². The molecule has 0 atom stereocenters. The Hall–Kier alpha value is -10.9. The van der Waals surface area contributed by atoms with Gasteiger partial charge in [0.15, 0.2) is 0 Å². The molecule has 0 aliphatic carbocycles. The van der Waals surface area contributed by atoms with E-state index >= 15 is 0 Å². The Kier molecular flexibility index (Phi) is 12.7. The first kappa shape index (κ1) is 53.0. The van der Waals surface area contributed by atoms with Gasteiger partial charge < -0.3 is 0 Å². The van der Waals surface area contributed by atoms with E-state index in [1.165, 1.54) is 0 Å². The molecule has 490 valence electrons. The summed E-state index contributed by atoms with van der Waals surface area (Å²) in [5, 5.41) is 0. The Morgan fingerprint density at radius 1 is 0.304 bits per heavy atom. The monoisotopic (exact) mass is 1390 g/mol. The van der Waals surface area contributed by atoms with Crippen molar-refractivity contribution in [2.75, 3.05) is 9.80 Å². The van der Waals surface area contributed by atoms with E-state index in [1.54, 1.807) is 0 Å². The van der Waals surface area contributed by atoms with Crippen LogP contribution < -0.4 is 56.2 Å². The van der Waals surface area contributed by atoms with Gasteiger partial charge in [-0.3, -0.25) is 0 Å². The number of fused-ring (bicyclic) bond motifs is 9. The van der Waals surface area contributed by atoms with Gasteiger partial charge in [0.2, 0.25) is 0 Å². The normalized spacial score (nSPS) is 14.7. The van der Waals surface area contributed by atoms with E-state index in [4.69, 9.17) is 4.74 Å². The molecule has 3 nitrogen and oxygen atoms in total. The third-order valence-corrected chi connectivity index (χ3v) is 22.9. The zero-order valence-electron chi connectivity index (χ0n) is 68.5. The molecule has 14 aromatic rings. The van der Waals surface area contributed by atoms with Gasteiger partial charge >= 0.3 is 558 Å². The minimum atomic E-state index is -1.21. The summed E-state index contributed by atoms with van der Waals surface area (Å²) in [6, 6.07) is 81.8. The van der Waals surface area contributed by atoms with Crippen molar-refractivity contribution in [2.24, 2.45) is 0 Å². The van der Waals surface area contributed by atoms with Crippen LogP contribution in [0.1, 0.15) is 92.7 Å².